The van der Waals surface area contributed by atoms with Gasteiger partial charge in [0, 0.05) is 41.3 Å². The molecule has 5 heterocycles. The van der Waals surface area contributed by atoms with Gasteiger partial charge in [-0.1, -0.05) is 6.07 Å². The zero-order valence-electron chi connectivity index (χ0n) is 19.7. The summed E-state index contributed by atoms with van der Waals surface area (Å²) < 4.78 is 17.0. The molecule has 7 rings (SSSR count). The molecule has 0 spiro atoms. The Morgan fingerprint density at radius 1 is 1.21 bits per heavy atom. The van der Waals surface area contributed by atoms with E-state index in [0.29, 0.717) is 53.3 Å². The minimum Gasteiger partial charge on any atom is -0.507 e. The highest BCUT2D eigenvalue weighted by molar-refractivity contribution is 5.66. The van der Waals surface area contributed by atoms with Crippen molar-refractivity contribution in [1.29, 1.82) is 5.26 Å². The standard InChI is InChI=1S/C25H28N4O5/c1-11-5-13-7-25(8-26)9-28(3)18(16(13)20(31)21(11)32-4)15-6-14-17(24(27)29(15)25)23-22(33-10-34-23)12(2)19(14)30/h5,15,18,24,30-31H,6-7,9-10,27H2,1-4H3/t15?,18-,24+,25-/m0/s1. The molecule has 9 heteroatoms. The molecule has 5 aliphatic heterocycles. The van der Waals surface area contributed by atoms with Crippen LogP contribution in [0, 0.1) is 25.2 Å². The fourth-order valence-electron chi connectivity index (χ4n) is 6.87. The maximum atomic E-state index is 11.3. The molecule has 0 saturated carbocycles. The molecule has 2 aromatic rings. The van der Waals surface area contributed by atoms with E-state index in [1.807, 2.05) is 20.0 Å². The molecule has 0 amide bonds. The molecular weight excluding hydrogens is 436 g/mol. The molecule has 0 aromatic heterocycles. The van der Waals surface area contributed by atoms with Gasteiger partial charge in [0.15, 0.2) is 23.0 Å². The van der Waals surface area contributed by atoms with E-state index in [4.69, 9.17) is 19.9 Å². The summed E-state index contributed by atoms with van der Waals surface area (Å²) in [5.41, 5.74) is 10.5. The number of aromatic hydroxyl groups is 2. The van der Waals surface area contributed by atoms with Crippen molar-refractivity contribution in [3.8, 4) is 34.8 Å². The fraction of sp³-hybridized carbons (Fsp3) is 0.480. The van der Waals surface area contributed by atoms with Crippen LogP contribution in [0.3, 0.4) is 0 Å². The van der Waals surface area contributed by atoms with E-state index in [1.54, 1.807) is 14.0 Å². The molecule has 4 atom stereocenters. The number of nitrogens with zero attached hydrogens (tertiary/aromatic N) is 3. The number of hydrogen-bond donors (Lipinski definition) is 3. The van der Waals surface area contributed by atoms with E-state index in [-0.39, 0.29) is 30.4 Å². The summed E-state index contributed by atoms with van der Waals surface area (Å²) >= 11 is 0. The van der Waals surface area contributed by atoms with Crippen LogP contribution in [0.1, 0.15) is 45.6 Å². The Kier molecular flexibility index (Phi) is 4.34. The number of hydrogen-bond acceptors (Lipinski definition) is 9. The molecule has 5 aliphatic rings. The average Bonchev–Trinajstić information content (AvgIpc) is 3.19. The lowest BCUT2D eigenvalue weighted by Gasteiger charge is -2.57. The maximum Gasteiger partial charge on any atom is 0.231 e. The van der Waals surface area contributed by atoms with Crippen LogP contribution in [0.4, 0.5) is 0 Å². The van der Waals surface area contributed by atoms with E-state index in [1.165, 1.54) is 0 Å². The van der Waals surface area contributed by atoms with Gasteiger partial charge < -0.3 is 30.2 Å². The molecule has 1 unspecified atom stereocenters. The predicted molar refractivity (Wildman–Crippen MR) is 122 cm³/mol. The molecule has 2 aromatic carbocycles. The molecular formula is C25H28N4O5. The van der Waals surface area contributed by atoms with Gasteiger partial charge in [0.2, 0.25) is 6.79 Å². The lowest BCUT2D eigenvalue weighted by atomic mass is 9.78. The van der Waals surface area contributed by atoms with E-state index in [2.05, 4.69) is 15.9 Å². The van der Waals surface area contributed by atoms with Gasteiger partial charge in [0.05, 0.1) is 25.4 Å². The van der Waals surface area contributed by atoms with Crippen molar-refractivity contribution in [3.05, 3.63) is 39.4 Å². The largest absolute Gasteiger partial charge is 0.507 e. The number of ether oxygens (including phenoxy) is 3. The average molecular weight is 465 g/mol. The van der Waals surface area contributed by atoms with Gasteiger partial charge >= 0.3 is 0 Å². The van der Waals surface area contributed by atoms with Crippen molar-refractivity contribution in [1.82, 2.24) is 9.80 Å². The van der Waals surface area contributed by atoms with Crippen LogP contribution in [0.2, 0.25) is 0 Å². The molecule has 34 heavy (non-hydrogen) atoms. The third-order valence-electron chi connectivity index (χ3n) is 8.13. The molecule has 1 saturated heterocycles. The van der Waals surface area contributed by atoms with E-state index in [9.17, 15) is 15.5 Å². The van der Waals surface area contributed by atoms with Crippen molar-refractivity contribution in [3.63, 3.8) is 0 Å². The zero-order chi connectivity index (χ0) is 24.1. The number of nitriles is 1. The van der Waals surface area contributed by atoms with E-state index < -0.39 is 11.7 Å². The first-order valence-electron chi connectivity index (χ1n) is 11.4. The molecule has 4 N–H and O–H groups in total. The second-order valence-corrected chi connectivity index (χ2v) is 9.88. The Labute approximate surface area is 197 Å². The van der Waals surface area contributed by atoms with Gasteiger partial charge in [-0.3, -0.25) is 9.80 Å². The zero-order valence-corrected chi connectivity index (χ0v) is 19.7. The summed E-state index contributed by atoms with van der Waals surface area (Å²) in [7, 11) is 3.52. The van der Waals surface area contributed by atoms with Crippen molar-refractivity contribution in [2.24, 2.45) is 5.73 Å². The fourth-order valence-corrected chi connectivity index (χ4v) is 6.87. The van der Waals surface area contributed by atoms with Crippen LogP contribution in [-0.2, 0) is 12.8 Å². The summed E-state index contributed by atoms with van der Waals surface area (Å²) in [5, 5.41) is 33.1. The minimum absolute atomic E-state index is 0.0648. The van der Waals surface area contributed by atoms with E-state index in [0.717, 1.165) is 16.7 Å². The van der Waals surface area contributed by atoms with Crippen LogP contribution < -0.4 is 19.9 Å². The Bertz CT molecular complexity index is 1290. The smallest absolute Gasteiger partial charge is 0.231 e. The van der Waals surface area contributed by atoms with Crippen molar-refractivity contribution >= 4 is 0 Å². The second-order valence-electron chi connectivity index (χ2n) is 9.88. The number of nitrogens with two attached hydrogens (primary N) is 1. The minimum atomic E-state index is -0.932. The van der Waals surface area contributed by atoms with Gasteiger partial charge in [-0.15, -0.1) is 0 Å². The van der Waals surface area contributed by atoms with Crippen molar-refractivity contribution < 1.29 is 24.4 Å². The molecule has 0 radical (unpaired) electrons. The lowest BCUT2D eigenvalue weighted by molar-refractivity contribution is -0.0718. The number of fused-ring (bicyclic) bond motifs is 4. The first-order chi connectivity index (χ1) is 16.2. The highest BCUT2D eigenvalue weighted by Crippen LogP contribution is 2.58. The van der Waals surface area contributed by atoms with E-state index >= 15 is 0 Å². The molecule has 0 aliphatic carbocycles. The number of piperazine rings is 1. The van der Waals surface area contributed by atoms with Crippen LogP contribution in [0.25, 0.3) is 0 Å². The van der Waals surface area contributed by atoms with Gasteiger partial charge in [0.1, 0.15) is 11.3 Å². The van der Waals surface area contributed by atoms with Crippen LogP contribution >= 0.6 is 0 Å². The summed E-state index contributed by atoms with van der Waals surface area (Å²) in [4.78, 5) is 4.21. The number of phenols is 2. The van der Waals surface area contributed by atoms with Crippen molar-refractivity contribution in [2.45, 2.75) is 50.5 Å². The highest BCUT2D eigenvalue weighted by Gasteiger charge is 2.59. The Morgan fingerprint density at radius 2 is 1.94 bits per heavy atom. The Hall–Kier alpha value is -3.19. The molecule has 1 fully saturated rings. The van der Waals surface area contributed by atoms with Gasteiger partial charge in [-0.2, -0.15) is 5.26 Å². The van der Waals surface area contributed by atoms with Crippen LogP contribution in [-0.4, -0.2) is 59.1 Å². The molecule has 2 bridgehead atoms. The maximum absolute atomic E-state index is 11.3. The first kappa shape index (κ1) is 21.4. The third-order valence-corrected chi connectivity index (χ3v) is 8.13. The summed E-state index contributed by atoms with van der Waals surface area (Å²) in [6.45, 7) is 4.22. The predicted octanol–water partition coefficient (Wildman–Crippen LogP) is 2.14. The summed E-state index contributed by atoms with van der Waals surface area (Å²) in [6.07, 6.45) is 0.167. The first-order valence-corrected chi connectivity index (χ1v) is 11.4. The van der Waals surface area contributed by atoms with Gasteiger partial charge in [-0.05, 0) is 38.4 Å². The van der Waals surface area contributed by atoms with Crippen molar-refractivity contribution in [2.75, 3.05) is 27.5 Å². The molecule has 9 nitrogen and oxygen atoms in total. The van der Waals surface area contributed by atoms with Gasteiger partial charge in [-0.25, -0.2) is 0 Å². The number of aryl methyl sites for hydroxylation is 1. The van der Waals surface area contributed by atoms with Gasteiger partial charge in [0.25, 0.3) is 0 Å². The quantitative estimate of drug-likeness (QED) is 0.582. The number of phenolic OH excluding ortho intramolecular Hbond substituents is 2. The van der Waals surface area contributed by atoms with Crippen LogP contribution in [0.15, 0.2) is 6.07 Å². The second kappa shape index (κ2) is 6.92. The summed E-state index contributed by atoms with van der Waals surface area (Å²) in [6, 6.07) is 4.10. The monoisotopic (exact) mass is 464 g/mol. The number of methoxy groups -OCH3 is 1. The Morgan fingerprint density at radius 3 is 2.65 bits per heavy atom. The normalized spacial score (nSPS) is 29.1. The SMILES string of the molecule is COc1c(C)cc2c(c1O)[C@@H]1C3Cc4c(O)c(C)c5c(c4[C@H](N)N3[C@](C#N)(C2)CN1C)OCO5. The molecule has 178 valence electrons. The number of rotatable bonds is 1. The number of benzene rings is 2. The number of likely N-dealkylation sites (N-methyl/N-ethyl adjacent to an activating group) is 1. The highest BCUT2D eigenvalue weighted by atomic mass is 16.7. The van der Waals surface area contributed by atoms with Crippen LogP contribution in [0.5, 0.6) is 28.7 Å². The summed E-state index contributed by atoms with van der Waals surface area (Å²) in [5.74, 6) is 1.76. The third kappa shape index (κ3) is 2.43. The Balaban J connectivity index is 1.63. The lowest BCUT2D eigenvalue weighted by Crippen LogP contribution is -2.69. The topological polar surface area (TPSA) is 124 Å².